The van der Waals surface area contributed by atoms with E-state index in [1.165, 1.54) is 0 Å². The number of hydrogen-bond acceptors (Lipinski definition) is 4. The van der Waals surface area contributed by atoms with Gasteiger partial charge < -0.3 is 20.1 Å². The Labute approximate surface area is 180 Å². The summed E-state index contributed by atoms with van der Waals surface area (Å²) in [6.07, 6.45) is 0. The van der Waals surface area contributed by atoms with Gasteiger partial charge in [0.1, 0.15) is 11.5 Å². The summed E-state index contributed by atoms with van der Waals surface area (Å²) in [6, 6.07) is 12.6. The molecule has 0 radical (unpaired) electrons. The fourth-order valence-corrected chi connectivity index (χ4v) is 3.24. The molecule has 0 spiro atoms. The first-order valence-corrected chi connectivity index (χ1v) is 10.3. The Morgan fingerprint density at radius 3 is 1.97 bits per heavy atom. The Kier molecular flexibility index (Phi) is 7.93. The third-order valence-electron chi connectivity index (χ3n) is 4.90. The van der Waals surface area contributed by atoms with Gasteiger partial charge in [0.25, 0.3) is 0 Å². The van der Waals surface area contributed by atoms with Gasteiger partial charge in [0.15, 0.2) is 0 Å². The van der Waals surface area contributed by atoms with E-state index in [4.69, 9.17) is 9.47 Å². The van der Waals surface area contributed by atoms with Crippen molar-refractivity contribution in [2.75, 3.05) is 19.5 Å². The van der Waals surface area contributed by atoms with Gasteiger partial charge in [-0.3, -0.25) is 4.79 Å². The fraction of sp³-hybridized carbons (Fsp3) is 0.400. The molecule has 0 bridgehead atoms. The number of anilines is 1. The average Bonchev–Trinajstić information content (AvgIpc) is 2.71. The van der Waals surface area contributed by atoms with Crippen LogP contribution in [0.15, 0.2) is 42.0 Å². The maximum absolute atomic E-state index is 12.5. The van der Waals surface area contributed by atoms with Gasteiger partial charge >= 0.3 is 0 Å². The SMILES string of the molecule is COc1cc(-c2ccc(NC(C)C)cc2)c(OC)cc1/C(C)=C(\C)C(=O)NC(C)C. The Bertz CT molecular complexity index is 913. The zero-order valence-electron chi connectivity index (χ0n) is 19.3. The molecule has 0 aromatic heterocycles. The summed E-state index contributed by atoms with van der Waals surface area (Å²) in [6.45, 7) is 11.9. The Hall–Kier alpha value is -2.95. The second-order valence-electron chi connectivity index (χ2n) is 8.01. The molecule has 2 N–H and O–H groups in total. The number of hydrogen-bond donors (Lipinski definition) is 2. The van der Waals surface area contributed by atoms with Gasteiger partial charge in [-0.05, 0) is 76.9 Å². The van der Waals surface area contributed by atoms with Crippen molar-refractivity contribution >= 4 is 17.2 Å². The highest BCUT2D eigenvalue weighted by molar-refractivity contribution is 6.01. The number of allylic oxidation sites excluding steroid dienone is 1. The van der Waals surface area contributed by atoms with Gasteiger partial charge in [-0.15, -0.1) is 0 Å². The van der Waals surface area contributed by atoms with E-state index in [0.717, 1.165) is 33.7 Å². The zero-order chi connectivity index (χ0) is 22.4. The maximum atomic E-state index is 12.5. The Morgan fingerprint density at radius 1 is 0.867 bits per heavy atom. The average molecular weight is 411 g/mol. The fourth-order valence-electron chi connectivity index (χ4n) is 3.24. The van der Waals surface area contributed by atoms with E-state index >= 15 is 0 Å². The summed E-state index contributed by atoms with van der Waals surface area (Å²) in [5.41, 5.74) is 5.38. The van der Waals surface area contributed by atoms with Crippen LogP contribution in [0, 0.1) is 0 Å². The van der Waals surface area contributed by atoms with Crippen molar-refractivity contribution in [3.63, 3.8) is 0 Å². The van der Waals surface area contributed by atoms with Crippen LogP contribution < -0.4 is 20.1 Å². The minimum Gasteiger partial charge on any atom is -0.496 e. The molecule has 2 aromatic carbocycles. The van der Waals surface area contributed by atoms with E-state index in [9.17, 15) is 4.79 Å². The Morgan fingerprint density at radius 2 is 1.47 bits per heavy atom. The van der Waals surface area contributed by atoms with Crippen LogP contribution >= 0.6 is 0 Å². The van der Waals surface area contributed by atoms with Crippen molar-refractivity contribution in [2.45, 2.75) is 53.6 Å². The molecule has 5 nitrogen and oxygen atoms in total. The van der Waals surface area contributed by atoms with Crippen LogP contribution in [0.4, 0.5) is 5.69 Å². The lowest BCUT2D eigenvalue weighted by molar-refractivity contribution is -0.117. The number of amides is 1. The summed E-state index contributed by atoms with van der Waals surface area (Å²) in [4.78, 5) is 12.5. The third kappa shape index (κ3) is 5.56. The molecular weight excluding hydrogens is 376 g/mol. The number of carbonyl (C=O) groups excluding carboxylic acids is 1. The molecule has 0 atom stereocenters. The van der Waals surface area contributed by atoms with E-state index in [-0.39, 0.29) is 11.9 Å². The molecular formula is C25H34N2O3. The van der Waals surface area contributed by atoms with Crippen LogP contribution in [0.5, 0.6) is 11.5 Å². The van der Waals surface area contributed by atoms with Gasteiger partial charge in [0.2, 0.25) is 5.91 Å². The monoisotopic (exact) mass is 410 g/mol. The van der Waals surface area contributed by atoms with Crippen molar-refractivity contribution in [3.8, 4) is 22.6 Å². The number of rotatable bonds is 8. The molecule has 0 fully saturated rings. The summed E-state index contributed by atoms with van der Waals surface area (Å²) in [5.74, 6) is 1.34. The lowest BCUT2D eigenvalue weighted by atomic mass is 9.95. The van der Waals surface area contributed by atoms with Crippen LogP contribution in [-0.2, 0) is 4.79 Å². The predicted molar refractivity (Wildman–Crippen MR) is 125 cm³/mol. The molecule has 0 saturated carbocycles. The molecule has 0 aliphatic rings. The highest BCUT2D eigenvalue weighted by Gasteiger charge is 2.18. The van der Waals surface area contributed by atoms with Crippen LogP contribution in [0.2, 0.25) is 0 Å². The highest BCUT2D eigenvalue weighted by Crippen LogP contribution is 2.39. The molecule has 0 aliphatic carbocycles. The molecule has 0 unspecified atom stereocenters. The first kappa shape index (κ1) is 23.3. The normalized spacial score (nSPS) is 11.9. The first-order valence-electron chi connectivity index (χ1n) is 10.3. The van der Waals surface area contributed by atoms with Crippen molar-refractivity contribution in [1.82, 2.24) is 5.32 Å². The van der Waals surface area contributed by atoms with E-state index in [2.05, 4.69) is 48.7 Å². The lowest BCUT2D eigenvalue weighted by Gasteiger charge is -2.18. The molecule has 0 saturated heterocycles. The van der Waals surface area contributed by atoms with Crippen LogP contribution in [-0.4, -0.2) is 32.2 Å². The molecule has 1 amide bonds. The van der Waals surface area contributed by atoms with Gasteiger partial charge in [0.05, 0.1) is 14.2 Å². The minimum absolute atomic E-state index is 0.0761. The topological polar surface area (TPSA) is 59.6 Å². The zero-order valence-corrected chi connectivity index (χ0v) is 19.3. The summed E-state index contributed by atoms with van der Waals surface area (Å²) < 4.78 is 11.4. The summed E-state index contributed by atoms with van der Waals surface area (Å²) >= 11 is 0. The molecule has 2 rings (SSSR count). The Balaban J connectivity index is 2.51. The third-order valence-corrected chi connectivity index (χ3v) is 4.90. The lowest BCUT2D eigenvalue weighted by Crippen LogP contribution is -2.31. The molecule has 0 heterocycles. The number of ether oxygens (including phenoxy) is 2. The van der Waals surface area contributed by atoms with Crippen molar-refractivity contribution in [2.24, 2.45) is 0 Å². The molecule has 30 heavy (non-hydrogen) atoms. The molecule has 162 valence electrons. The molecule has 2 aromatic rings. The van der Waals surface area contributed by atoms with Crippen molar-refractivity contribution in [3.05, 3.63) is 47.5 Å². The smallest absolute Gasteiger partial charge is 0.247 e. The number of benzene rings is 2. The van der Waals surface area contributed by atoms with Crippen LogP contribution in [0.3, 0.4) is 0 Å². The minimum atomic E-state index is -0.0826. The van der Waals surface area contributed by atoms with Crippen LogP contribution in [0.25, 0.3) is 16.7 Å². The maximum Gasteiger partial charge on any atom is 0.247 e. The molecule has 5 heteroatoms. The van der Waals surface area contributed by atoms with Crippen LogP contribution in [0.1, 0.15) is 47.1 Å². The number of carbonyl (C=O) groups is 1. The quantitative estimate of drug-likeness (QED) is 0.564. The largest absolute Gasteiger partial charge is 0.496 e. The van der Waals surface area contributed by atoms with Gasteiger partial charge in [-0.25, -0.2) is 0 Å². The van der Waals surface area contributed by atoms with Crippen molar-refractivity contribution < 1.29 is 14.3 Å². The molecule has 0 aliphatic heterocycles. The van der Waals surface area contributed by atoms with E-state index in [1.807, 2.05) is 39.8 Å². The highest BCUT2D eigenvalue weighted by atomic mass is 16.5. The number of nitrogens with one attached hydrogen (secondary N) is 2. The summed E-state index contributed by atoms with van der Waals surface area (Å²) in [7, 11) is 3.29. The standard InChI is InChI=1S/C25H34N2O3/c1-15(2)26-20-11-9-19(10-12-20)22-14-23(29-7)21(13-24(22)30-8)17(5)18(6)25(28)27-16(3)4/h9-16,26H,1-8H3,(H,27,28)/b18-17+. The van der Waals surface area contributed by atoms with Gasteiger partial charge in [-0.1, -0.05) is 12.1 Å². The van der Waals surface area contributed by atoms with Crippen molar-refractivity contribution in [1.29, 1.82) is 0 Å². The number of methoxy groups -OCH3 is 2. The predicted octanol–water partition coefficient (Wildman–Crippen LogP) is 5.51. The van der Waals surface area contributed by atoms with E-state index in [1.54, 1.807) is 14.2 Å². The van der Waals surface area contributed by atoms with E-state index in [0.29, 0.717) is 17.4 Å². The second kappa shape index (κ2) is 10.2. The van der Waals surface area contributed by atoms with Gasteiger partial charge in [0, 0.05) is 34.5 Å². The first-order chi connectivity index (χ1) is 14.2. The van der Waals surface area contributed by atoms with E-state index < -0.39 is 0 Å². The second-order valence-corrected chi connectivity index (χ2v) is 8.01. The van der Waals surface area contributed by atoms with Gasteiger partial charge in [-0.2, -0.15) is 0 Å². The summed E-state index contributed by atoms with van der Waals surface area (Å²) in [5, 5.41) is 6.34.